The highest BCUT2D eigenvalue weighted by atomic mass is 79.9. The molecule has 0 aliphatic carbocycles. The molecule has 8 heteroatoms. The summed E-state index contributed by atoms with van der Waals surface area (Å²) in [6.45, 7) is 5.33. The fourth-order valence-electron chi connectivity index (χ4n) is 4.05. The number of morpholine rings is 1. The maximum Gasteiger partial charge on any atom is 0.165 e. The van der Waals surface area contributed by atoms with E-state index in [1.165, 1.54) is 11.9 Å². The van der Waals surface area contributed by atoms with Crippen LogP contribution in [0.3, 0.4) is 0 Å². The fraction of sp³-hybridized carbons (Fsp3) is 0.250. The lowest BCUT2D eigenvalue weighted by molar-refractivity contribution is 0.122. The minimum absolute atomic E-state index is 0.0845. The molecule has 4 heterocycles. The first kappa shape index (κ1) is 20.8. The highest BCUT2D eigenvalue weighted by Crippen LogP contribution is 2.35. The van der Waals surface area contributed by atoms with Crippen molar-refractivity contribution < 1.29 is 4.74 Å². The van der Waals surface area contributed by atoms with Crippen LogP contribution in [0.5, 0.6) is 0 Å². The number of benzene rings is 1. The number of hydrogen-bond acceptors (Lipinski definition) is 7. The lowest BCUT2D eigenvalue weighted by Crippen LogP contribution is -2.36. The van der Waals surface area contributed by atoms with E-state index in [2.05, 4.69) is 67.0 Å². The number of pyridine rings is 2. The molecule has 32 heavy (non-hydrogen) atoms. The molecule has 1 aliphatic rings. The first-order chi connectivity index (χ1) is 15.6. The smallest absolute Gasteiger partial charge is 0.165 e. The second-order valence-electron chi connectivity index (χ2n) is 7.83. The van der Waals surface area contributed by atoms with Gasteiger partial charge in [-0.1, -0.05) is 35.0 Å². The van der Waals surface area contributed by atoms with Crippen LogP contribution < -0.4 is 10.6 Å². The first-order valence-corrected chi connectivity index (χ1v) is 11.3. The molecular weight excluding hydrogens is 468 g/mol. The van der Waals surface area contributed by atoms with Crippen LogP contribution in [0.2, 0.25) is 0 Å². The van der Waals surface area contributed by atoms with Gasteiger partial charge in [0.25, 0.3) is 0 Å². The molecule has 1 saturated heterocycles. The molecular formula is C24H23BrN6O. The molecule has 7 nitrogen and oxygen atoms in total. The molecule has 1 atom stereocenters. The molecule has 3 aromatic heterocycles. The number of hydrogen-bond donors (Lipinski definition) is 1. The second-order valence-corrected chi connectivity index (χ2v) is 8.75. The molecule has 0 spiro atoms. The number of fused-ring (bicyclic) bond motifs is 1. The van der Waals surface area contributed by atoms with Crippen molar-refractivity contribution in [3.05, 3.63) is 70.6 Å². The van der Waals surface area contributed by atoms with Crippen molar-refractivity contribution in [1.29, 1.82) is 0 Å². The van der Waals surface area contributed by atoms with Gasteiger partial charge in [-0.25, -0.2) is 19.9 Å². The summed E-state index contributed by atoms with van der Waals surface area (Å²) in [5.74, 6) is 1.47. The Hall–Kier alpha value is -3.10. The largest absolute Gasteiger partial charge is 0.383 e. The Morgan fingerprint density at radius 2 is 1.81 bits per heavy atom. The topological polar surface area (TPSA) is 90.0 Å². The molecule has 162 valence electrons. The molecule has 1 fully saturated rings. The zero-order valence-electron chi connectivity index (χ0n) is 17.7. The average molecular weight is 491 g/mol. The van der Waals surface area contributed by atoms with Gasteiger partial charge in [-0.2, -0.15) is 0 Å². The summed E-state index contributed by atoms with van der Waals surface area (Å²) in [6.07, 6.45) is 3.33. The molecule has 0 radical (unpaired) electrons. The number of aromatic nitrogens is 4. The predicted molar refractivity (Wildman–Crippen MR) is 130 cm³/mol. The third kappa shape index (κ3) is 4.03. The average Bonchev–Trinajstić information content (AvgIpc) is 2.84. The van der Waals surface area contributed by atoms with Crippen LogP contribution in [0, 0.1) is 0 Å². The van der Waals surface area contributed by atoms with Crippen LogP contribution >= 0.6 is 15.9 Å². The van der Waals surface area contributed by atoms with E-state index in [0.717, 1.165) is 58.8 Å². The summed E-state index contributed by atoms with van der Waals surface area (Å²) in [6, 6.07) is 14.5. The summed E-state index contributed by atoms with van der Waals surface area (Å²) in [5, 5.41) is 0.796. The van der Waals surface area contributed by atoms with Gasteiger partial charge in [0.15, 0.2) is 5.65 Å². The van der Waals surface area contributed by atoms with Crippen LogP contribution in [-0.4, -0.2) is 46.2 Å². The van der Waals surface area contributed by atoms with E-state index < -0.39 is 0 Å². The van der Waals surface area contributed by atoms with E-state index in [4.69, 9.17) is 15.5 Å². The number of ether oxygens (including phenoxy) is 1. The molecule has 4 aromatic rings. The monoisotopic (exact) mass is 490 g/mol. The van der Waals surface area contributed by atoms with Crippen LogP contribution in [0.1, 0.15) is 24.0 Å². The van der Waals surface area contributed by atoms with E-state index >= 15 is 0 Å². The van der Waals surface area contributed by atoms with Gasteiger partial charge in [-0.15, -0.1) is 0 Å². The SMILES string of the molecule is CC(c1ccc(Br)cc1)c1cc(-c2ccc(N3CCOCC3)nc2)nc2ncnc(N)c12. The van der Waals surface area contributed by atoms with Gasteiger partial charge >= 0.3 is 0 Å². The quantitative estimate of drug-likeness (QED) is 0.452. The molecule has 2 N–H and O–H groups in total. The van der Waals surface area contributed by atoms with Gasteiger partial charge in [0, 0.05) is 35.2 Å². The number of nitrogens with zero attached hydrogens (tertiary/aromatic N) is 5. The normalized spacial score (nSPS) is 15.1. The van der Waals surface area contributed by atoms with Crippen molar-refractivity contribution in [1.82, 2.24) is 19.9 Å². The summed E-state index contributed by atoms with van der Waals surface area (Å²) in [4.78, 5) is 20.3. The van der Waals surface area contributed by atoms with Crippen molar-refractivity contribution in [2.75, 3.05) is 36.9 Å². The molecule has 1 aromatic carbocycles. The van der Waals surface area contributed by atoms with Crippen LogP contribution in [0.25, 0.3) is 22.3 Å². The molecule has 1 unspecified atom stereocenters. The van der Waals surface area contributed by atoms with E-state index in [0.29, 0.717) is 11.5 Å². The third-order valence-corrected chi connectivity index (χ3v) is 6.41. The van der Waals surface area contributed by atoms with Crippen LogP contribution in [-0.2, 0) is 4.74 Å². The van der Waals surface area contributed by atoms with Gasteiger partial charge in [0.1, 0.15) is 18.0 Å². The van der Waals surface area contributed by atoms with E-state index in [-0.39, 0.29) is 5.92 Å². The second kappa shape index (κ2) is 8.80. The summed E-state index contributed by atoms with van der Waals surface area (Å²) < 4.78 is 6.48. The minimum atomic E-state index is 0.0845. The van der Waals surface area contributed by atoms with Crippen molar-refractivity contribution in [3.63, 3.8) is 0 Å². The number of halogens is 1. The van der Waals surface area contributed by atoms with Crippen molar-refractivity contribution in [3.8, 4) is 11.3 Å². The Kier molecular flexibility index (Phi) is 5.71. The van der Waals surface area contributed by atoms with Crippen molar-refractivity contribution in [2.24, 2.45) is 0 Å². The van der Waals surface area contributed by atoms with E-state index in [9.17, 15) is 0 Å². The van der Waals surface area contributed by atoms with E-state index in [1.54, 1.807) is 0 Å². The lowest BCUT2D eigenvalue weighted by Gasteiger charge is -2.27. The molecule has 0 saturated carbocycles. The van der Waals surface area contributed by atoms with Crippen LogP contribution in [0.4, 0.5) is 11.6 Å². The van der Waals surface area contributed by atoms with Gasteiger partial charge < -0.3 is 15.4 Å². The summed E-state index contributed by atoms with van der Waals surface area (Å²) >= 11 is 3.51. The predicted octanol–water partition coefficient (Wildman–Crippen LogP) is 4.42. The van der Waals surface area contributed by atoms with Gasteiger partial charge in [0.2, 0.25) is 0 Å². The standard InChI is InChI=1S/C24H23BrN6O/c1-15(16-2-5-18(25)6-3-16)19-12-20(30-24-22(19)23(26)28-14-29-24)17-4-7-21(27-13-17)31-8-10-32-11-9-31/h2-7,12-15H,8-11H2,1H3,(H2,26,28,29,30). The Bertz CT molecular complexity index is 1240. The van der Waals surface area contributed by atoms with Crippen molar-refractivity contribution >= 4 is 38.6 Å². The number of anilines is 2. The zero-order valence-corrected chi connectivity index (χ0v) is 19.3. The van der Waals surface area contributed by atoms with Gasteiger partial charge in [-0.3, -0.25) is 0 Å². The molecule has 5 rings (SSSR count). The third-order valence-electron chi connectivity index (χ3n) is 5.88. The van der Waals surface area contributed by atoms with Gasteiger partial charge in [0.05, 0.1) is 24.3 Å². The fourth-order valence-corrected chi connectivity index (χ4v) is 4.32. The maximum atomic E-state index is 6.26. The van der Waals surface area contributed by atoms with E-state index in [1.807, 2.05) is 24.4 Å². The molecule has 1 aliphatic heterocycles. The minimum Gasteiger partial charge on any atom is -0.383 e. The summed E-state index contributed by atoms with van der Waals surface area (Å²) in [5.41, 5.74) is 10.8. The van der Waals surface area contributed by atoms with Gasteiger partial charge in [-0.05, 0) is 41.5 Å². The highest BCUT2D eigenvalue weighted by molar-refractivity contribution is 9.10. The number of rotatable bonds is 4. The first-order valence-electron chi connectivity index (χ1n) is 10.6. The Morgan fingerprint density at radius 3 is 2.53 bits per heavy atom. The highest BCUT2D eigenvalue weighted by Gasteiger charge is 2.19. The summed E-state index contributed by atoms with van der Waals surface area (Å²) in [7, 11) is 0. The molecule has 0 bridgehead atoms. The van der Waals surface area contributed by atoms with Crippen molar-refractivity contribution in [2.45, 2.75) is 12.8 Å². The zero-order chi connectivity index (χ0) is 22.1. The molecule has 0 amide bonds. The Morgan fingerprint density at radius 1 is 1.03 bits per heavy atom. The Labute approximate surface area is 194 Å². The lowest BCUT2D eigenvalue weighted by atomic mass is 9.90. The number of nitrogen functional groups attached to an aromatic ring is 1. The number of nitrogens with two attached hydrogens (primary N) is 1. The Balaban J connectivity index is 1.57. The van der Waals surface area contributed by atoms with Crippen LogP contribution in [0.15, 0.2) is 59.5 Å². The maximum absolute atomic E-state index is 6.26.